The summed E-state index contributed by atoms with van der Waals surface area (Å²) in [7, 11) is 0. The lowest BCUT2D eigenvalue weighted by molar-refractivity contribution is -0.361. The molecule has 0 saturated heterocycles. The van der Waals surface area contributed by atoms with Crippen molar-refractivity contribution in [2.45, 2.75) is 38.1 Å². The molecule has 0 bridgehead atoms. The lowest BCUT2D eigenvalue weighted by Gasteiger charge is -2.27. The van der Waals surface area contributed by atoms with Gasteiger partial charge >= 0.3 is 18.1 Å². The molecule has 0 heterocycles. The SMILES string of the molecule is CC(C)Oc1c(I)cc(Br)cc1/C=N\NC(F)(F)C(F)(F)C(F)(F)F. The van der Waals surface area contributed by atoms with Crippen molar-refractivity contribution in [3.05, 3.63) is 25.7 Å². The van der Waals surface area contributed by atoms with Crippen LogP contribution in [0.15, 0.2) is 21.7 Å². The maximum atomic E-state index is 13.1. The number of halogens is 9. The van der Waals surface area contributed by atoms with Crippen molar-refractivity contribution in [2.24, 2.45) is 5.10 Å². The van der Waals surface area contributed by atoms with Gasteiger partial charge in [-0.25, -0.2) is 5.43 Å². The topological polar surface area (TPSA) is 33.6 Å². The highest BCUT2D eigenvalue weighted by Crippen LogP contribution is 2.45. The van der Waals surface area contributed by atoms with E-state index in [-0.39, 0.29) is 17.4 Å². The first kappa shape index (κ1) is 22.3. The third kappa shape index (κ3) is 5.34. The Labute approximate surface area is 160 Å². The number of benzene rings is 1. The third-order valence-corrected chi connectivity index (χ3v) is 3.81. The zero-order valence-electron chi connectivity index (χ0n) is 12.6. The van der Waals surface area contributed by atoms with E-state index in [9.17, 15) is 30.7 Å². The van der Waals surface area contributed by atoms with Crippen molar-refractivity contribution in [3.63, 3.8) is 0 Å². The predicted octanol–water partition coefficient (Wildman–Crippen LogP) is 5.55. The van der Waals surface area contributed by atoms with Crippen molar-refractivity contribution < 1.29 is 35.5 Å². The number of ether oxygens (including phenoxy) is 1. The Hall–Kier alpha value is -0.790. The van der Waals surface area contributed by atoms with Gasteiger partial charge in [-0.3, -0.25) is 0 Å². The van der Waals surface area contributed by atoms with E-state index in [1.54, 1.807) is 19.9 Å². The molecule has 0 radical (unpaired) electrons. The van der Waals surface area contributed by atoms with E-state index in [1.165, 1.54) is 6.07 Å². The monoisotopic (exact) mass is 550 g/mol. The Balaban J connectivity index is 3.10. The first-order valence-electron chi connectivity index (χ1n) is 6.47. The molecule has 0 aliphatic rings. The third-order valence-electron chi connectivity index (χ3n) is 2.55. The van der Waals surface area contributed by atoms with Crippen LogP contribution >= 0.6 is 38.5 Å². The van der Waals surface area contributed by atoms with E-state index < -0.39 is 18.1 Å². The minimum absolute atomic E-state index is 0.103. The maximum Gasteiger partial charge on any atom is 0.462 e. The lowest BCUT2D eigenvalue weighted by Crippen LogP contribution is -2.58. The number of alkyl halides is 7. The van der Waals surface area contributed by atoms with Crippen molar-refractivity contribution >= 4 is 44.7 Å². The van der Waals surface area contributed by atoms with E-state index in [2.05, 4.69) is 21.0 Å². The summed E-state index contributed by atoms with van der Waals surface area (Å²) in [5, 5.41) is 2.83. The van der Waals surface area contributed by atoms with Gasteiger partial charge in [0.05, 0.1) is 15.9 Å². The smallest absolute Gasteiger partial charge is 0.462 e. The number of nitrogens with zero attached hydrogens (tertiary/aromatic N) is 1. The van der Waals surface area contributed by atoms with Crippen LogP contribution in [0.5, 0.6) is 5.75 Å². The van der Waals surface area contributed by atoms with Crippen molar-refractivity contribution in [3.8, 4) is 5.75 Å². The molecule has 1 aromatic rings. The molecule has 12 heteroatoms. The summed E-state index contributed by atoms with van der Waals surface area (Å²) >= 11 is 5.03. The number of nitrogens with one attached hydrogen (secondary N) is 1. The van der Waals surface area contributed by atoms with Gasteiger partial charge in [0, 0.05) is 10.0 Å². The molecule has 0 aromatic heterocycles. The van der Waals surface area contributed by atoms with Crippen LogP contribution in [-0.4, -0.2) is 30.5 Å². The largest absolute Gasteiger partial charge is 0.489 e. The molecule has 3 nitrogen and oxygen atoms in total. The Morgan fingerprint density at radius 3 is 2.20 bits per heavy atom. The Bertz CT molecular complexity index is 650. The molecule has 0 unspecified atom stereocenters. The summed E-state index contributed by atoms with van der Waals surface area (Å²) in [6.45, 7) is 3.38. The molecule has 1 aromatic carbocycles. The van der Waals surface area contributed by atoms with Gasteiger partial charge in [0.2, 0.25) is 0 Å². The second-order valence-corrected chi connectivity index (χ2v) is 7.07. The Morgan fingerprint density at radius 1 is 1.16 bits per heavy atom. The maximum absolute atomic E-state index is 13.1. The average molecular weight is 551 g/mol. The molecule has 1 rings (SSSR count). The van der Waals surface area contributed by atoms with Gasteiger partial charge < -0.3 is 4.74 Å². The number of hydrogen-bond donors (Lipinski definition) is 1. The van der Waals surface area contributed by atoms with Gasteiger partial charge in [-0.2, -0.15) is 35.8 Å². The van der Waals surface area contributed by atoms with E-state index in [0.717, 1.165) is 0 Å². The lowest BCUT2D eigenvalue weighted by atomic mass is 10.2. The number of hydrogen-bond acceptors (Lipinski definition) is 3. The Kier molecular flexibility index (Phi) is 6.98. The average Bonchev–Trinajstić information content (AvgIpc) is 2.40. The fourth-order valence-electron chi connectivity index (χ4n) is 1.47. The van der Waals surface area contributed by atoms with Crippen molar-refractivity contribution in [2.75, 3.05) is 0 Å². The summed E-state index contributed by atoms with van der Waals surface area (Å²) < 4.78 is 94.5. The van der Waals surface area contributed by atoms with Crippen LogP contribution < -0.4 is 10.2 Å². The van der Waals surface area contributed by atoms with Crippen LogP contribution in [0.25, 0.3) is 0 Å². The quantitative estimate of drug-likeness (QED) is 0.166. The molecule has 0 atom stereocenters. The zero-order valence-corrected chi connectivity index (χ0v) is 16.3. The highest BCUT2D eigenvalue weighted by molar-refractivity contribution is 14.1. The van der Waals surface area contributed by atoms with Gasteiger partial charge in [-0.15, -0.1) is 0 Å². The molecular formula is C13H11BrF7IN2O. The van der Waals surface area contributed by atoms with Crippen LogP contribution in [0.4, 0.5) is 30.7 Å². The minimum Gasteiger partial charge on any atom is -0.489 e. The Morgan fingerprint density at radius 2 is 1.72 bits per heavy atom. The molecule has 0 saturated carbocycles. The highest BCUT2D eigenvalue weighted by atomic mass is 127. The minimum atomic E-state index is -6.43. The fraction of sp³-hybridized carbons (Fsp3) is 0.462. The van der Waals surface area contributed by atoms with Gasteiger partial charge in [-0.05, 0) is 48.6 Å². The molecular weight excluding hydrogens is 540 g/mol. The summed E-state index contributed by atoms with van der Waals surface area (Å²) in [4.78, 5) is 0. The fourth-order valence-corrected chi connectivity index (χ4v) is 3.14. The summed E-state index contributed by atoms with van der Waals surface area (Å²) in [5.74, 6) is -6.07. The van der Waals surface area contributed by atoms with E-state index in [0.29, 0.717) is 19.7 Å². The van der Waals surface area contributed by atoms with Crippen LogP contribution in [-0.2, 0) is 0 Å². The molecule has 25 heavy (non-hydrogen) atoms. The van der Waals surface area contributed by atoms with Gasteiger partial charge in [0.25, 0.3) is 0 Å². The summed E-state index contributed by atoms with van der Waals surface area (Å²) in [5.41, 5.74) is 0.669. The summed E-state index contributed by atoms with van der Waals surface area (Å²) in [6.07, 6.45) is -6.06. The molecule has 0 amide bonds. The zero-order chi connectivity index (χ0) is 19.6. The van der Waals surface area contributed by atoms with Gasteiger partial charge in [0.15, 0.2) is 0 Å². The first-order valence-corrected chi connectivity index (χ1v) is 8.34. The second kappa shape index (κ2) is 7.84. The predicted molar refractivity (Wildman–Crippen MR) is 89.3 cm³/mol. The van der Waals surface area contributed by atoms with Crippen molar-refractivity contribution in [1.29, 1.82) is 0 Å². The second-order valence-electron chi connectivity index (χ2n) is 4.99. The van der Waals surface area contributed by atoms with Crippen LogP contribution in [0.1, 0.15) is 19.4 Å². The van der Waals surface area contributed by atoms with Gasteiger partial charge in [-0.1, -0.05) is 15.9 Å². The van der Waals surface area contributed by atoms with E-state index in [4.69, 9.17) is 4.74 Å². The number of rotatable bonds is 6. The van der Waals surface area contributed by atoms with Crippen LogP contribution in [0, 0.1) is 3.57 Å². The number of hydrazone groups is 1. The van der Waals surface area contributed by atoms with Crippen molar-refractivity contribution in [1.82, 2.24) is 5.43 Å². The molecule has 0 spiro atoms. The molecule has 142 valence electrons. The summed E-state index contributed by atoms with van der Waals surface area (Å²) in [6, 6.07) is -2.61. The molecule has 0 fully saturated rings. The standard InChI is InChI=1S/C13H11BrF7IN2O/c1-6(2)25-10-7(3-8(14)4-9(10)22)5-23-24-13(20,21)11(15,16)12(17,18)19/h3-6,24H,1-2H3/b23-5-. The normalized spacial score (nSPS) is 13.6. The van der Waals surface area contributed by atoms with Crippen LogP contribution in [0.3, 0.4) is 0 Å². The van der Waals surface area contributed by atoms with E-state index in [1.807, 2.05) is 22.6 Å². The van der Waals surface area contributed by atoms with E-state index >= 15 is 0 Å². The van der Waals surface area contributed by atoms with Crippen LogP contribution in [0.2, 0.25) is 0 Å². The first-order chi connectivity index (χ1) is 11.2. The molecule has 0 aliphatic carbocycles. The highest BCUT2D eigenvalue weighted by Gasteiger charge is 2.73. The molecule has 1 N–H and O–H groups in total. The molecule has 0 aliphatic heterocycles. The van der Waals surface area contributed by atoms with Gasteiger partial charge in [0.1, 0.15) is 5.75 Å².